The molecule has 0 aromatic heterocycles. The zero-order chi connectivity index (χ0) is 34.1. The number of aryl methyl sites for hydroxylation is 1. The van der Waals surface area contributed by atoms with E-state index < -0.39 is 17.2 Å². The number of benzene rings is 4. The minimum Gasteiger partial charge on any atom is -0.492 e. The van der Waals surface area contributed by atoms with Gasteiger partial charge >= 0.3 is 6.18 Å². The van der Waals surface area contributed by atoms with Crippen molar-refractivity contribution in [2.45, 2.75) is 51.6 Å². The number of hydrogen-bond donors (Lipinski definition) is 0. The molecule has 0 radical (unpaired) electrons. The van der Waals surface area contributed by atoms with E-state index in [4.69, 9.17) is 9.47 Å². The maximum atomic E-state index is 13.8. The highest BCUT2D eigenvalue weighted by molar-refractivity contribution is 6.03. The molecule has 0 spiro atoms. The molecular weight excluding hydrogens is 609 g/mol. The molecule has 48 heavy (non-hydrogen) atoms. The highest BCUT2D eigenvalue weighted by Crippen LogP contribution is 2.48. The fraction of sp³-hybridized carbons (Fsp3) is 0.293. The van der Waals surface area contributed by atoms with Crippen LogP contribution in [0.1, 0.15) is 49.9 Å². The van der Waals surface area contributed by atoms with Crippen molar-refractivity contribution >= 4 is 17.1 Å². The lowest BCUT2D eigenvalue weighted by Crippen LogP contribution is -2.30. The highest BCUT2D eigenvalue weighted by Gasteiger charge is 2.46. The number of halogens is 3. The van der Waals surface area contributed by atoms with Crippen LogP contribution in [-0.4, -0.2) is 36.6 Å². The topological polar surface area (TPSA) is 24.7 Å². The standard InChI is InChI=1S/C41H42F3N2O2/c1-29-19-21-35-33(27-29)39(2,3)37(45(35)23-25-47-31-13-8-6-9-14-31)17-12-18-38-40(4,5)34-28-30(41(42,43)44)20-22-36(34)46(38)24-26-48-32-15-10-7-11-16-32/h6-22,27-28H,23-26H2,1-5H3/q+1. The lowest BCUT2D eigenvalue weighted by Gasteiger charge is -2.27. The van der Waals surface area contributed by atoms with Gasteiger partial charge in [-0.15, -0.1) is 0 Å². The van der Waals surface area contributed by atoms with Crippen molar-refractivity contribution in [3.63, 3.8) is 0 Å². The Hall–Kier alpha value is -4.78. The second-order valence-corrected chi connectivity index (χ2v) is 13.4. The number of alkyl halides is 3. The van der Waals surface area contributed by atoms with Crippen LogP contribution in [0.3, 0.4) is 0 Å². The molecule has 4 nitrogen and oxygen atoms in total. The molecule has 0 bridgehead atoms. The van der Waals surface area contributed by atoms with Crippen molar-refractivity contribution in [1.29, 1.82) is 0 Å². The van der Waals surface area contributed by atoms with Gasteiger partial charge in [-0.3, -0.25) is 0 Å². The number of anilines is 1. The van der Waals surface area contributed by atoms with Gasteiger partial charge in [0.15, 0.2) is 12.3 Å². The van der Waals surface area contributed by atoms with E-state index in [9.17, 15) is 13.2 Å². The first-order valence-corrected chi connectivity index (χ1v) is 16.4. The number of rotatable bonds is 10. The van der Waals surface area contributed by atoms with Gasteiger partial charge in [-0.25, -0.2) is 0 Å². The lowest BCUT2D eigenvalue weighted by atomic mass is 9.80. The van der Waals surface area contributed by atoms with Crippen LogP contribution in [0.15, 0.2) is 121 Å². The largest absolute Gasteiger partial charge is 0.492 e. The Bertz CT molecular complexity index is 1870. The molecule has 0 N–H and O–H groups in total. The average Bonchev–Trinajstić information content (AvgIpc) is 3.39. The van der Waals surface area contributed by atoms with Crippen LogP contribution in [0, 0.1) is 6.92 Å². The monoisotopic (exact) mass is 651 g/mol. The Labute approximate surface area is 281 Å². The Morgan fingerprint density at radius 3 is 2.04 bits per heavy atom. The molecular formula is C41H42F3N2O2+. The molecule has 4 aromatic carbocycles. The predicted octanol–water partition coefficient (Wildman–Crippen LogP) is 9.79. The van der Waals surface area contributed by atoms with E-state index in [0.717, 1.165) is 34.3 Å². The molecule has 248 valence electrons. The Kier molecular flexibility index (Phi) is 8.99. The van der Waals surface area contributed by atoms with Crippen LogP contribution in [0.4, 0.5) is 24.5 Å². The summed E-state index contributed by atoms with van der Waals surface area (Å²) in [6, 6.07) is 30.0. The van der Waals surface area contributed by atoms with E-state index in [0.29, 0.717) is 31.9 Å². The first kappa shape index (κ1) is 33.1. The van der Waals surface area contributed by atoms with Crippen LogP contribution in [-0.2, 0) is 17.0 Å². The third-order valence-electron chi connectivity index (χ3n) is 9.43. The van der Waals surface area contributed by atoms with Gasteiger partial charge in [0, 0.05) is 34.5 Å². The SMILES string of the molecule is Cc1ccc2c(c1)C(C)(C)C(=CC=CC1=[N+](CCOc3ccccc3)c3ccc(C(F)(F)F)cc3C1(C)C)N2CCOc1ccccc1. The number of nitrogens with zero attached hydrogens (tertiary/aromatic N) is 2. The zero-order valence-electron chi connectivity index (χ0n) is 28.1. The van der Waals surface area contributed by atoms with Crippen LogP contribution in [0.5, 0.6) is 11.5 Å². The molecule has 2 aliphatic heterocycles. The van der Waals surface area contributed by atoms with Gasteiger partial charge in [-0.1, -0.05) is 74.0 Å². The Morgan fingerprint density at radius 2 is 1.40 bits per heavy atom. The predicted molar refractivity (Wildman–Crippen MR) is 187 cm³/mol. The molecule has 0 amide bonds. The zero-order valence-corrected chi connectivity index (χ0v) is 28.1. The number of para-hydroxylation sites is 2. The normalized spacial score (nSPS) is 17.2. The van der Waals surface area contributed by atoms with Gasteiger partial charge < -0.3 is 14.4 Å². The van der Waals surface area contributed by atoms with Crippen molar-refractivity contribution < 1.29 is 27.2 Å². The van der Waals surface area contributed by atoms with Crippen LogP contribution >= 0.6 is 0 Å². The molecule has 4 aromatic rings. The molecule has 6 rings (SSSR count). The maximum Gasteiger partial charge on any atom is 0.416 e. The van der Waals surface area contributed by atoms with E-state index >= 15 is 0 Å². The number of ether oxygens (including phenoxy) is 2. The van der Waals surface area contributed by atoms with Crippen LogP contribution in [0.2, 0.25) is 0 Å². The van der Waals surface area contributed by atoms with E-state index in [2.05, 4.69) is 54.5 Å². The van der Waals surface area contributed by atoms with Crippen molar-refractivity contribution in [3.8, 4) is 11.5 Å². The highest BCUT2D eigenvalue weighted by atomic mass is 19.4. The fourth-order valence-corrected chi connectivity index (χ4v) is 6.90. The molecule has 0 saturated heterocycles. The second-order valence-electron chi connectivity index (χ2n) is 13.4. The van der Waals surface area contributed by atoms with E-state index in [-0.39, 0.29) is 5.41 Å². The Balaban J connectivity index is 1.34. The minimum absolute atomic E-state index is 0.276. The van der Waals surface area contributed by atoms with Gasteiger partial charge in [-0.05, 0) is 74.9 Å². The molecule has 0 unspecified atom stereocenters. The first-order valence-electron chi connectivity index (χ1n) is 16.4. The quantitative estimate of drug-likeness (QED) is 0.160. The fourth-order valence-electron chi connectivity index (χ4n) is 6.90. The maximum absolute atomic E-state index is 13.8. The summed E-state index contributed by atoms with van der Waals surface area (Å²) < 4.78 is 55.7. The lowest BCUT2D eigenvalue weighted by molar-refractivity contribution is -0.439. The molecule has 7 heteroatoms. The van der Waals surface area contributed by atoms with Gasteiger partial charge in [0.2, 0.25) is 5.69 Å². The van der Waals surface area contributed by atoms with E-state index in [1.807, 2.05) is 86.7 Å². The summed E-state index contributed by atoms with van der Waals surface area (Å²) >= 11 is 0. The average molecular weight is 652 g/mol. The van der Waals surface area contributed by atoms with E-state index in [1.165, 1.54) is 23.3 Å². The minimum atomic E-state index is -4.43. The number of fused-ring (bicyclic) bond motifs is 2. The van der Waals surface area contributed by atoms with Crippen LogP contribution in [0.25, 0.3) is 0 Å². The smallest absolute Gasteiger partial charge is 0.416 e. The van der Waals surface area contributed by atoms with E-state index in [1.54, 1.807) is 6.07 Å². The van der Waals surface area contributed by atoms with Gasteiger partial charge in [-0.2, -0.15) is 17.7 Å². The summed E-state index contributed by atoms with van der Waals surface area (Å²) in [5.74, 6) is 1.58. The summed E-state index contributed by atoms with van der Waals surface area (Å²) in [5, 5.41) is 0. The van der Waals surface area contributed by atoms with Crippen LogP contribution < -0.4 is 14.4 Å². The second kappa shape index (κ2) is 13.0. The molecule has 2 aliphatic rings. The van der Waals surface area contributed by atoms with Crippen molar-refractivity contribution in [2.24, 2.45) is 0 Å². The molecule has 0 aliphatic carbocycles. The summed E-state index contributed by atoms with van der Waals surface area (Å²) in [4.78, 5) is 2.32. The molecule has 0 atom stereocenters. The van der Waals surface area contributed by atoms with Gasteiger partial charge in [0.1, 0.15) is 24.7 Å². The molecule has 0 saturated carbocycles. The molecule has 2 heterocycles. The first-order chi connectivity index (χ1) is 22.9. The number of hydrogen-bond acceptors (Lipinski definition) is 3. The third-order valence-corrected chi connectivity index (χ3v) is 9.43. The number of allylic oxidation sites excluding steroid dienone is 4. The summed E-state index contributed by atoms with van der Waals surface area (Å²) in [6.45, 7) is 12.6. The summed E-state index contributed by atoms with van der Waals surface area (Å²) in [5.41, 5.74) is 5.47. The molecule has 0 fully saturated rings. The Morgan fingerprint density at radius 1 is 0.750 bits per heavy atom. The third kappa shape index (κ3) is 6.51. The van der Waals surface area contributed by atoms with Crippen molar-refractivity contribution in [2.75, 3.05) is 31.2 Å². The summed E-state index contributed by atoms with van der Waals surface area (Å²) in [6.07, 6.45) is 1.81. The van der Waals surface area contributed by atoms with Crippen molar-refractivity contribution in [1.82, 2.24) is 0 Å². The van der Waals surface area contributed by atoms with Gasteiger partial charge in [0.25, 0.3) is 0 Å². The van der Waals surface area contributed by atoms with Gasteiger partial charge in [0.05, 0.1) is 17.5 Å². The summed E-state index contributed by atoms with van der Waals surface area (Å²) in [7, 11) is 0. The van der Waals surface area contributed by atoms with Crippen molar-refractivity contribution in [3.05, 3.63) is 143 Å².